The molecule has 78 heavy (non-hydrogen) atoms. The molecule has 0 aromatic heterocycles. The van der Waals surface area contributed by atoms with E-state index in [1.54, 1.807) is 0 Å². The van der Waals surface area contributed by atoms with E-state index in [2.05, 4.69) is 10.6 Å². The van der Waals surface area contributed by atoms with Gasteiger partial charge in [-0.2, -0.15) is 0 Å². The van der Waals surface area contributed by atoms with Crippen molar-refractivity contribution in [1.29, 1.82) is 0 Å². The van der Waals surface area contributed by atoms with Crippen LogP contribution >= 0.6 is 0 Å². The minimum Gasteiger partial charge on any atom is -0.477 e. The van der Waals surface area contributed by atoms with Crippen molar-refractivity contribution in [2.24, 2.45) is 0 Å². The number of rotatable bonds is 20. The van der Waals surface area contributed by atoms with Crippen LogP contribution in [0.2, 0.25) is 0 Å². The van der Waals surface area contributed by atoms with E-state index in [0.717, 1.165) is 13.8 Å². The van der Waals surface area contributed by atoms with Gasteiger partial charge in [0.15, 0.2) is 31.5 Å². The lowest BCUT2D eigenvalue weighted by molar-refractivity contribution is -0.392. The molecule has 2 amide bonds. The van der Waals surface area contributed by atoms with Crippen LogP contribution < -0.4 is 10.6 Å². The molecule has 6 saturated heterocycles. The van der Waals surface area contributed by atoms with Crippen LogP contribution in [0.3, 0.4) is 0 Å². The number of hydrogen-bond donors (Lipinski definition) is 21. The van der Waals surface area contributed by atoms with Crippen LogP contribution in [-0.4, -0.2) is 338 Å². The van der Waals surface area contributed by atoms with Crippen molar-refractivity contribution in [3.63, 3.8) is 0 Å². The molecule has 0 saturated carbocycles. The number of aliphatic carboxylic acids is 1. The van der Waals surface area contributed by atoms with Gasteiger partial charge in [-0.3, -0.25) is 9.59 Å². The Labute approximate surface area is 441 Å². The molecular weight excluding hydrogens is 1070 g/mol. The van der Waals surface area contributed by atoms with Crippen LogP contribution in [0.5, 0.6) is 0 Å². The fourth-order valence-corrected chi connectivity index (χ4v) is 9.83. The first-order valence-corrected chi connectivity index (χ1v) is 24.6. The molecule has 35 heteroatoms. The van der Waals surface area contributed by atoms with Crippen LogP contribution in [0, 0.1) is 0 Å². The SMILES string of the molecule is CC(=O)N[C@H]1[C@H](O[C@H]2[C@@H](O)[C@@H](CO)O[C@@H](O[C@H]3[C@H](O)[C@@H](O)C(O)O[C@@H]3CO)[C@@H]2O)O[C@H](CO[C@]2(C(=O)O)C[C@H](O)[C@@H](NC(C)=O)[C@H]([C@H](O)[C@H](O)CO)O2)[C@@H](O)[C@@H]1O[C@@H]1O[C@H](CO)[C@H](O)[C@H](O)[C@H]1O[C@@H]1O[C@@H](C)[C@@H](O)[C@@H](O)[C@@H]1O. The zero-order chi connectivity index (χ0) is 58.0. The molecule has 0 aromatic rings. The number of hydrogen-bond acceptors (Lipinski definition) is 32. The molecule has 452 valence electrons. The maximum atomic E-state index is 13.2. The molecule has 6 fully saturated rings. The lowest BCUT2D eigenvalue weighted by atomic mass is 9.88. The summed E-state index contributed by atoms with van der Waals surface area (Å²) in [7, 11) is 0. The summed E-state index contributed by atoms with van der Waals surface area (Å²) < 4.78 is 63.3. The smallest absolute Gasteiger partial charge is 0.364 e. The lowest BCUT2D eigenvalue weighted by Gasteiger charge is -2.51. The second-order valence-corrected chi connectivity index (χ2v) is 19.7. The average molecular weight is 1150 g/mol. The predicted molar refractivity (Wildman–Crippen MR) is 238 cm³/mol. The molecule has 0 aliphatic carbocycles. The number of carbonyl (C=O) groups is 3. The van der Waals surface area contributed by atoms with Gasteiger partial charge in [0.25, 0.3) is 5.79 Å². The first-order chi connectivity index (χ1) is 36.6. The van der Waals surface area contributed by atoms with Gasteiger partial charge in [0, 0.05) is 20.3 Å². The highest BCUT2D eigenvalue weighted by molar-refractivity contribution is 5.76. The number of carbonyl (C=O) groups excluding carboxylic acids is 2. The highest BCUT2D eigenvalue weighted by Crippen LogP contribution is 2.39. The molecule has 0 spiro atoms. The van der Waals surface area contributed by atoms with E-state index < -0.39 is 247 Å². The van der Waals surface area contributed by atoms with E-state index in [-0.39, 0.29) is 0 Å². The summed E-state index contributed by atoms with van der Waals surface area (Å²) in [4.78, 5) is 38.4. The number of ether oxygens (including phenoxy) is 11. The standard InChI is InChI=1S/C43H72N2O33/c1-10-21(54)26(59)30(63)39(69-10)77-36-27(60)23(56)15(6-47)72-41(36)75-33-20(45-12(3)51)38(76-35-24(57)16(7-48)71-40(31(35)64)74-32-17(8-49)70-37(65)29(62)28(32)61)73-18(25(33)58)9-68-43(42(66)67)4-13(52)19(44-11(2)50)34(78-43)22(55)14(53)5-46/h10,13-41,46-49,52-65H,4-9H2,1-3H3,(H,44,50)(H,45,51)(H,66,67)/t10-,13-,14+,15+,16+,17+,18+,19+,20+,21+,22+,23-,24-,25+,26+,27-,28+,29+,30-,31+,32+,33+,34+,35-,36+,37?,38-,39-,40-,41-,43+/m0/s1. The zero-order valence-electron chi connectivity index (χ0n) is 41.8. The van der Waals surface area contributed by atoms with Gasteiger partial charge in [0.1, 0.15) is 134 Å². The summed E-state index contributed by atoms with van der Waals surface area (Å²) in [5, 5.41) is 209. The van der Waals surface area contributed by atoms with Crippen LogP contribution in [0.4, 0.5) is 0 Å². The van der Waals surface area contributed by atoms with Crippen molar-refractivity contribution in [2.45, 2.75) is 217 Å². The van der Waals surface area contributed by atoms with Gasteiger partial charge in [-0.05, 0) is 6.92 Å². The normalized spacial score (nSPS) is 48.1. The van der Waals surface area contributed by atoms with Gasteiger partial charge < -0.3 is 160 Å². The van der Waals surface area contributed by atoms with E-state index in [1.807, 2.05) is 0 Å². The fraction of sp³-hybridized carbons (Fsp3) is 0.930. The topological polar surface area (TPSA) is 561 Å². The predicted octanol–water partition coefficient (Wildman–Crippen LogP) is -13.6. The van der Waals surface area contributed by atoms with Crippen molar-refractivity contribution >= 4 is 17.8 Å². The van der Waals surface area contributed by atoms with Crippen molar-refractivity contribution in [3.05, 3.63) is 0 Å². The van der Waals surface area contributed by atoms with Gasteiger partial charge >= 0.3 is 5.97 Å². The third kappa shape index (κ3) is 13.7. The third-order valence-corrected chi connectivity index (χ3v) is 14.2. The Kier molecular flexibility index (Phi) is 22.4. The molecule has 0 radical (unpaired) electrons. The van der Waals surface area contributed by atoms with Gasteiger partial charge in [-0.25, -0.2) is 4.79 Å². The molecule has 6 rings (SSSR count). The monoisotopic (exact) mass is 1140 g/mol. The summed E-state index contributed by atoms with van der Waals surface area (Å²) in [6.07, 6.45) is -57.9. The van der Waals surface area contributed by atoms with Crippen molar-refractivity contribution in [3.8, 4) is 0 Å². The first kappa shape index (κ1) is 64.4. The number of amides is 2. The van der Waals surface area contributed by atoms with Crippen LogP contribution in [-0.2, 0) is 66.5 Å². The second-order valence-electron chi connectivity index (χ2n) is 19.7. The second kappa shape index (κ2) is 27.1. The Hall–Kier alpha value is -2.75. The van der Waals surface area contributed by atoms with Crippen molar-refractivity contribution in [1.82, 2.24) is 10.6 Å². The molecule has 35 nitrogen and oxygen atoms in total. The van der Waals surface area contributed by atoms with Crippen molar-refractivity contribution < 1.29 is 164 Å². The zero-order valence-corrected chi connectivity index (χ0v) is 41.8. The Morgan fingerprint density at radius 3 is 1.64 bits per heavy atom. The molecular formula is C43H72N2O33. The first-order valence-electron chi connectivity index (χ1n) is 24.6. The van der Waals surface area contributed by atoms with Crippen LogP contribution in [0.15, 0.2) is 0 Å². The van der Waals surface area contributed by atoms with Gasteiger partial charge in [0.2, 0.25) is 11.8 Å². The molecule has 6 aliphatic rings. The minimum absolute atomic E-state index is 0.835. The Balaban J connectivity index is 1.41. The molecule has 21 N–H and O–H groups in total. The molecule has 0 bridgehead atoms. The Morgan fingerprint density at radius 2 is 1.05 bits per heavy atom. The highest BCUT2D eigenvalue weighted by Gasteiger charge is 2.60. The number of aliphatic hydroxyl groups excluding tert-OH is 18. The Morgan fingerprint density at radius 1 is 0.538 bits per heavy atom. The van der Waals surface area contributed by atoms with E-state index in [9.17, 15) is 111 Å². The summed E-state index contributed by atoms with van der Waals surface area (Å²) >= 11 is 0. The number of carboxylic acids is 1. The quantitative estimate of drug-likeness (QED) is 0.0538. The number of nitrogens with one attached hydrogen (secondary N) is 2. The molecule has 31 atom stereocenters. The van der Waals surface area contributed by atoms with Crippen LogP contribution in [0.1, 0.15) is 27.2 Å². The molecule has 0 aromatic carbocycles. The van der Waals surface area contributed by atoms with Crippen molar-refractivity contribution in [2.75, 3.05) is 33.0 Å². The number of aliphatic hydroxyl groups is 18. The van der Waals surface area contributed by atoms with Crippen LogP contribution in [0.25, 0.3) is 0 Å². The lowest BCUT2D eigenvalue weighted by Crippen LogP contribution is -2.71. The van der Waals surface area contributed by atoms with Gasteiger partial charge in [0.05, 0.1) is 51.3 Å². The summed E-state index contributed by atoms with van der Waals surface area (Å²) in [6, 6.07) is -3.69. The fourth-order valence-electron chi connectivity index (χ4n) is 9.83. The van der Waals surface area contributed by atoms with E-state index >= 15 is 0 Å². The molecule has 6 heterocycles. The largest absolute Gasteiger partial charge is 0.477 e. The minimum atomic E-state index is -3.13. The number of carboxylic acid groups (broad SMARTS) is 1. The van der Waals surface area contributed by atoms with E-state index in [4.69, 9.17) is 52.1 Å². The molecule has 1 unspecified atom stereocenters. The van der Waals surface area contributed by atoms with E-state index in [0.29, 0.717) is 0 Å². The summed E-state index contributed by atoms with van der Waals surface area (Å²) in [5.41, 5.74) is 0. The van der Waals surface area contributed by atoms with E-state index in [1.165, 1.54) is 6.92 Å². The molecule has 6 aliphatic heterocycles. The van der Waals surface area contributed by atoms with Gasteiger partial charge in [-0.1, -0.05) is 0 Å². The van der Waals surface area contributed by atoms with Gasteiger partial charge in [-0.15, -0.1) is 0 Å². The maximum absolute atomic E-state index is 13.2. The summed E-state index contributed by atoms with van der Waals surface area (Å²) in [5.74, 6) is -7.01. The average Bonchev–Trinajstić information content (AvgIpc) is 3.40. The highest BCUT2D eigenvalue weighted by atomic mass is 16.8. The maximum Gasteiger partial charge on any atom is 0.364 e. The third-order valence-electron chi connectivity index (χ3n) is 14.2. The summed E-state index contributed by atoms with van der Waals surface area (Å²) in [6.45, 7) is -2.36. The Bertz CT molecular complexity index is 1950.